The zero-order valence-electron chi connectivity index (χ0n) is 12.3. The van der Waals surface area contributed by atoms with Crippen LogP contribution in [0.2, 0.25) is 0 Å². The van der Waals surface area contributed by atoms with Gasteiger partial charge in [0.25, 0.3) is 0 Å². The third-order valence-electron chi connectivity index (χ3n) is 3.31. The molecular formula is C16H28N2O. The van der Waals surface area contributed by atoms with Gasteiger partial charge in [0.2, 0.25) is 0 Å². The fourth-order valence-electron chi connectivity index (χ4n) is 2.27. The lowest BCUT2D eigenvalue weighted by atomic mass is 10.1. The molecule has 1 aromatic rings. The zero-order chi connectivity index (χ0) is 14.1. The highest BCUT2D eigenvalue weighted by Crippen LogP contribution is 2.25. The molecule has 1 rings (SSSR count). The minimum atomic E-state index is 0.108. The van der Waals surface area contributed by atoms with Crippen LogP contribution in [0.25, 0.3) is 0 Å². The molecule has 0 saturated carbocycles. The van der Waals surface area contributed by atoms with Crippen LogP contribution < -0.4 is 11.5 Å². The van der Waals surface area contributed by atoms with Crippen LogP contribution in [-0.2, 0) is 4.74 Å². The van der Waals surface area contributed by atoms with Crippen molar-refractivity contribution in [2.45, 2.75) is 58.5 Å². The molecule has 0 spiro atoms. The summed E-state index contributed by atoms with van der Waals surface area (Å²) in [5.41, 5.74) is 14.2. The van der Waals surface area contributed by atoms with Gasteiger partial charge in [0.1, 0.15) is 0 Å². The van der Waals surface area contributed by atoms with Crippen LogP contribution in [0.3, 0.4) is 0 Å². The number of rotatable bonds is 9. The molecule has 3 heteroatoms. The van der Waals surface area contributed by atoms with E-state index in [4.69, 9.17) is 16.2 Å². The molecule has 1 atom stereocenters. The highest BCUT2D eigenvalue weighted by atomic mass is 16.5. The third kappa shape index (κ3) is 5.97. The van der Waals surface area contributed by atoms with Crippen LogP contribution in [0.15, 0.2) is 18.2 Å². The van der Waals surface area contributed by atoms with Crippen molar-refractivity contribution in [2.75, 3.05) is 18.1 Å². The van der Waals surface area contributed by atoms with E-state index in [0.717, 1.165) is 25.0 Å². The Kier molecular flexibility index (Phi) is 7.34. The summed E-state index contributed by atoms with van der Waals surface area (Å²) in [6.45, 7) is 5.17. The first-order valence-electron chi connectivity index (χ1n) is 7.44. The summed E-state index contributed by atoms with van der Waals surface area (Å²) in [7, 11) is 0. The molecule has 108 valence electrons. The van der Waals surface area contributed by atoms with Crippen LogP contribution in [0.5, 0.6) is 0 Å². The van der Waals surface area contributed by atoms with E-state index in [2.05, 4.69) is 13.8 Å². The Morgan fingerprint density at radius 3 is 2.16 bits per heavy atom. The van der Waals surface area contributed by atoms with Crippen LogP contribution in [0.4, 0.5) is 11.4 Å². The van der Waals surface area contributed by atoms with Crippen LogP contribution in [-0.4, -0.2) is 6.61 Å². The van der Waals surface area contributed by atoms with Gasteiger partial charge in [-0.05, 0) is 36.6 Å². The molecule has 0 fully saturated rings. The van der Waals surface area contributed by atoms with Crippen molar-refractivity contribution in [2.24, 2.45) is 0 Å². The summed E-state index contributed by atoms with van der Waals surface area (Å²) in [6.07, 6.45) is 7.35. The highest BCUT2D eigenvalue weighted by Gasteiger charge is 2.10. The molecule has 4 N–H and O–H groups in total. The van der Waals surface area contributed by atoms with E-state index in [1.165, 1.54) is 25.7 Å². The van der Waals surface area contributed by atoms with Crippen molar-refractivity contribution >= 4 is 11.4 Å². The van der Waals surface area contributed by atoms with Gasteiger partial charge >= 0.3 is 0 Å². The molecule has 0 aliphatic heterocycles. The first-order chi connectivity index (χ1) is 9.17. The van der Waals surface area contributed by atoms with Gasteiger partial charge in [0.05, 0.1) is 6.10 Å². The monoisotopic (exact) mass is 264 g/mol. The number of ether oxygens (including phenoxy) is 1. The maximum Gasteiger partial charge on any atom is 0.0823 e. The Hall–Kier alpha value is -1.22. The Bertz CT molecular complexity index is 346. The molecule has 0 aliphatic rings. The minimum absolute atomic E-state index is 0.108. The number of hydrogen-bond acceptors (Lipinski definition) is 3. The SMILES string of the molecule is CCCCCCCOC(CC)c1cc(N)cc(N)c1. The summed E-state index contributed by atoms with van der Waals surface area (Å²) in [6, 6.07) is 5.70. The summed E-state index contributed by atoms with van der Waals surface area (Å²) < 4.78 is 5.96. The van der Waals surface area contributed by atoms with Gasteiger partial charge in [-0.2, -0.15) is 0 Å². The first kappa shape index (κ1) is 15.8. The van der Waals surface area contributed by atoms with Crippen molar-refractivity contribution in [1.29, 1.82) is 0 Å². The molecule has 0 aliphatic carbocycles. The van der Waals surface area contributed by atoms with Crippen LogP contribution in [0, 0.1) is 0 Å². The maximum absolute atomic E-state index is 5.96. The summed E-state index contributed by atoms with van der Waals surface area (Å²) in [5, 5.41) is 0. The highest BCUT2D eigenvalue weighted by molar-refractivity contribution is 5.54. The number of nitrogens with two attached hydrogens (primary N) is 2. The van der Waals surface area contributed by atoms with Gasteiger partial charge in [0.15, 0.2) is 0 Å². The average Bonchev–Trinajstić information content (AvgIpc) is 2.37. The van der Waals surface area contributed by atoms with Crippen molar-refractivity contribution in [3.63, 3.8) is 0 Å². The summed E-state index contributed by atoms with van der Waals surface area (Å²) in [4.78, 5) is 0. The number of anilines is 2. The second kappa shape index (κ2) is 8.81. The molecule has 0 heterocycles. The molecular weight excluding hydrogens is 236 g/mol. The van der Waals surface area contributed by atoms with Gasteiger partial charge in [-0.25, -0.2) is 0 Å². The fourth-order valence-corrected chi connectivity index (χ4v) is 2.27. The normalized spacial score (nSPS) is 12.5. The molecule has 0 aromatic heterocycles. The van der Waals surface area contributed by atoms with Crippen molar-refractivity contribution in [3.05, 3.63) is 23.8 Å². The second-order valence-electron chi connectivity index (χ2n) is 5.11. The molecule has 0 saturated heterocycles. The predicted molar refractivity (Wildman–Crippen MR) is 83.0 cm³/mol. The Labute approximate surface area is 117 Å². The van der Waals surface area contributed by atoms with Gasteiger partial charge in [-0.15, -0.1) is 0 Å². The lowest BCUT2D eigenvalue weighted by Gasteiger charge is -2.17. The molecule has 0 amide bonds. The van der Waals surface area contributed by atoms with Crippen LogP contribution >= 0.6 is 0 Å². The molecule has 0 radical (unpaired) electrons. The quantitative estimate of drug-likeness (QED) is 0.516. The lowest BCUT2D eigenvalue weighted by molar-refractivity contribution is 0.0473. The topological polar surface area (TPSA) is 61.3 Å². The number of benzene rings is 1. The van der Waals surface area contributed by atoms with Crippen molar-refractivity contribution in [3.8, 4) is 0 Å². The van der Waals surface area contributed by atoms with E-state index in [0.29, 0.717) is 11.4 Å². The average molecular weight is 264 g/mol. The predicted octanol–water partition coefficient (Wildman–Crippen LogP) is 4.29. The summed E-state index contributed by atoms with van der Waals surface area (Å²) in [5.74, 6) is 0. The van der Waals surface area contributed by atoms with Crippen LogP contribution in [0.1, 0.15) is 64.0 Å². The van der Waals surface area contributed by atoms with Crippen molar-refractivity contribution < 1.29 is 4.74 Å². The van der Waals surface area contributed by atoms with E-state index in [1.807, 2.05) is 12.1 Å². The number of unbranched alkanes of at least 4 members (excludes halogenated alkanes) is 4. The molecule has 3 nitrogen and oxygen atoms in total. The molecule has 1 aromatic carbocycles. The van der Waals surface area contributed by atoms with E-state index >= 15 is 0 Å². The first-order valence-corrected chi connectivity index (χ1v) is 7.44. The van der Waals surface area contributed by atoms with E-state index in [9.17, 15) is 0 Å². The molecule has 0 bridgehead atoms. The van der Waals surface area contributed by atoms with Crippen molar-refractivity contribution in [1.82, 2.24) is 0 Å². The Morgan fingerprint density at radius 1 is 0.947 bits per heavy atom. The fraction of sp³-hybridized carbons (Fsp3) is 0.625. The van der Waals surface area contributed by atoms with Gasteiger partial charge in [-0.1, -0.05) is 39.5 Å². The minimum Gasteiger partial charge on any atom is -0.399 e. The van der Waals surface area contributed by atoms with Gasteiger partial charge in [-0.3, -0.25) is 0 Å². The van der Waals surface area contributed by atoms with Gasteiger partial charge < -0.3 is 16.2 Å². The van der Waals surface area contributed by atoms with E-state index in [-0.39, 0.29) is 6.10 Å². The summed E-state index contributed by atoms with van der Waals surface area (Å²) >= 11 is 0. The number of nitrogen functional groups attached to an aromatic ring is 2. The third-order valence-corrected chi connectivity index (χ3v) is 3.31. The number of hydrogen-bond donors (Lipinski definition) is 2. The maximum atomic E-state index is 5.96. The Morgan fingerprint density at radius 2 is 1.58 bits per heavy atom. The molecule has 19 heavy (non-hydrogen) atoms. The zero-order valence-corrected chi connectivity index (χ0v) is 12.3. The second-order valence-corrected chi connectivity index (χ2v) is 5.11. The van der Waals surface area contributed by atoms with E-state index in [1.54, 1.807) is 6.07 Å². The Balaban J connectivity index is 2.40. The van der Waals surface area contributed by atoms with E-state index < -0.39 is 0 Å². The lowest BCUT2D eigenvalue weighted by Crippen LogP contribution is -2.06. The largest absolute Gasteiger partial charge is 0.399 e. The smallest absolute Gasteiger partial charge is 0.0823 e. The van der Waals surface area contributed by atoms with Gasteiger partial charge in [0, 0.05) is 18.0 Å². The standard InChI is InChI=1S/C16H28N2O/c1-3-5-6-7-8-9-19-16(4-2)13-10-14(17)12-15(18)11-13/h10-12,16H,3-9,17-18H2,1-2H3. The molecule has 1 unspecified atom stereocenters.